The lowest BCUT2D eigenvalue weighted by Gasteiger charge is -2.07. The van der Waals surface area contributed by atoms with E-state index in [2.05, 4.69) is 9.72 Å². The fourth-order valence-electron chi connectivity index (χ4n) is 1.17. The predicted octanol–water partition coefficient (Wildman–Crippen LogP) is 1.31. The van der Waals surface area contributed by atoms with Crippen molar-refractivity contribution in [2.45, 2.75) is 12.8 Å². The van der Waals surface area contributed by atoms with Crippen LogP contribution in [0, 0.1) is 11.3 Å². The van der Waals surface area contributed by atoms with E-state index in [1.54, 1.807) is 0 Å². The maximum atomic E-state index is 12.4. The van der Waals surface area contributed by atoms with E-state index in [4.69, 9.17) is 5.26 Å². The van der Waals surface area contributed by atoms with E-state index in [1.165, 1.54) is 6.07 Å². The lowest BCUT2D eigenvalue weighted by atomic mass is 10.1. The maximum absolute atomic E-state index is 12.4. The Labute approximate surface area is 95.3 Å². The van der Waals surface area contributed by atoms with E-state index in [9.17, 15) is 18.7 Å². The molecule has 0 atom stereocenters. The SMILES string of the molecule is COC(=O)Cc1cc(C(F)F)nc(C#N)c1O. The number of halogens is 2. The summed E-state index contributed by atoms with van der Waals surface area (Å²) in [6, 6.07) is 2.35. The topological polar surface area (TPSA) is 83.2 Å². The molecule has 1 N–H and O–H groups in total. The molecule has 0 amide bonds. The number of nitriles is 1. The highest BCUT2D eigenvalue weighted by Crippen LogP contribution is 2.26. The van der Waals surface area contributed by atoms with Crippen molar-refractivity contribution in [1.29, 1.82) is 5.26 Å². The summed E-state index contributed by atoms with van der Waals surface area (Å²) in [5.74, 6) is -1.29. The average Bonchev–Trinajstić information content (AvgIpc) is 2.31. The number of hydrogen-bond acceptors (Lipinski definition) is 5. The van der Waals surface area contributed by atoms with E-state index in [0.29, 0.717) is 0 Å². The minimum Gasteiger partial charge on any atom is -0.505 e. The van der Waals surface area contributed by atoms with Gasteiger partial charge in [0.05, 0.1) is 13.5 Å². The Morgan fingerprint density at radius 2 is 2.35 bits per heavy atom. The van der Waals surface area contributed by atoms with Crippen LogP contribution >= 0.6 is 0 Å². The van der Waals surface area contributed by atoms with Gasteiger partial charge in [0.2, 0.25) is 0 Å². The van der Waals surface area contributed by atoms with E-state index in [1.807, 2.05) is 0 Å². The summed E-state index contributed by atoms with van der Waals surface area (Å²) in [6.07, 6.45) is -3.29. The minimum absolute atomic E-state index is 0.112. The van der Waals surface area contributed by atoms with Gasteiger partial charge in [0.25, 0.3) is 6.43 Å². The first-order chi connectivity index (χ1) is 7.99. The normalized spacial score (nSPS) is 10.1. The summed E-state index contributed by atoms with van der Waals surface area (Å²) in [5, 5.41) is 18.1. The number of rotatable bonds is 3. The number of carbonyl (C=O) groups is 1. The van der Waals surface area contributed by atoms with Crippen molar-refractivity contribution in [2.75, 3.05) is 7.11 Å². The van der Waals surface area contributed by atoms with Crippen molar-refractivity contribution < 1.29 is 23.4 Å². The van der Waals surface area contributed by atoms with Crippen molar-refractivity contribution in [2.24, 2.45) is 0 Å². The largest absolute Gasteiger partial charge is 0.505 e. The summed E-state index contributed by atoms with van der Waals surface area (Å²) in [5.41, 5.74) is -1.32. The van der Waals surface area contributed by atoms with Crippen LogP contribution in [0.4, 0.5) is 8.78 Å². The van der Waals surface area contributed by atoms with Crippen LogP contribution in [0.5, 0.6) is 5.75 Å². The van der Waals surface area contributed by atoms with Crippen LogP contribution < -0.4 is 0 Å². The summed E-state index contributed by atoms with van der Waals surface area (Å²) in [7, 11) is 1.12. The molecular formula is C10H8F2N2O3. The quantitative estimate of drug-likeness (QED) is 0.808. The third kappa shape index (κ3) is 2.87. The molecular weight excluding hydrogens is 234 g/mol. The molecule has 90 valence electrons. The fourth-order valence-corrected chi connectivity index (χ4v) is 1.17. The number of carbonyl (C=O) groups excluding carboxylic acids is 1. The van der Waals surface area contributed by atoms with Crippen LogP contribution in [-0.4, -0.2) is 23.2 Å². The fraction of sp³-hybridized carbons (Fsp3) is 0.300. The number of aromatic nitrogens is 1. The zero-order chi connectivity index (χ0) is 13.0. The van der Waals surface area contributed by atoms with Gasteiger partial charge in [-0.1, -0.05) is 0 Å². The van der Waals surface area contributed by atoms with Crippen LogP contribution in [-0.2, 0) is 16.0 Å². The molecule has 0 aliphatic rings. The lowest BCUT2D eigenvalue weighted by Crippen LogP contribution is -2.07. The summed E-state index contributed by atoms with van der Waals surface area (Å²) in [6.45, 7) is 0. The lowest BCUT2D eigenvalue weighted by molar-refractivity contribution is -0.139. The zero-order valence-electron chi connectivity index (χ0n) is 8.78. The molecule has 5 nitrogen and oxygen atoms in total. The zero-order valence-corrected chi connectivity index (χ0v) is 8.78. The first-order valence-corrected chi connectivity index (χ1v) is 4.47. The monoisotopic (exact) mass is 242 g/mol. The van der Waals surface area contributed by atoms with Gasteiger partial charge in [-0.15, -0.1) is 0 Å². The van der Waals surface area contributed by atoms with Gasteiger partial charge in [0, 0.05) is 5.56 Å². The molecule has 1 rings (SSSR count). The van der Waals surface area contributed by atoms with Gasteiger partial charge in [-0.05, 0) is 6.07 Å². The number of esters is 1. The van der Waals surface area contributed by atoms with E-state index in [-0.39, 0.29) is 5.56 Å². The number of hydrogen-bond donors (Lipinski definition) is 1. The molecule has 0 spiro atoms. The molecule has 0 aliphatic heterocycles. The number of alkyl halides is 2. The Kier molecular flexibility index (Phi) is 3.93. The number of nitrogens with zero attached hydrogens (tertiary/aromatic N) is 2. The molecule has 0 aromatic carbocycles. The van der Waals surface area contributed by atoms with Crippen LogP contribution in [0.25, 0.3) is 0 Å². The Bertz CT molecular complexity index is 483. The molecule has 17 heavy (non-hydrogen) atoms. The van der Waals surface area contributed by atoms with Crippen molar-refractivity contribution >= 4 is 5.97 Å². The number of methoxy groups -OCH3 is 1. The summed E-state index contributed by atoms with van der Waals surface area (Å²) < 4.78 is 29.2. The van der Waals surface area contributed by atoms with Crippen LogP contribution in [0.3, 0.4) is 0 Å². The number of aromatic hydroxyl groups is 1. The molecule has 0 aliphatic carbocycles. The highest BCUT2D eigenvalue weighted by molar-refractivity contribution is 5.73. The molecule has 0 radical (unpaired) electrons. The van der Waals surface area contributed by atoms with Crippen molar-refractivity contribution in [3.63, 3.8) is 0 Å². The Morgan fingerprint density at radius 3 is 2.82 bits per heavy atom. The predicted molar refractivity (Wildman–Crippen MR) is 51.3 cm³/mol. The van der Waals surface area contributed by atoms with Gasteiger partial charge in [0.15, 0.2) is 11.4 Å². The van der Waals surface area contributed by atoms with Crippen molar-refractivity contribution in [1.82, 2.24) is 4.98 Å². The second-order valence-corrected chi connectivity index (χ2v) is 3.07. The second-order valence-electron chi connectivity index (χ2n) is 3.07. The molecule has 0 bridgehead atoms. The summed E-state index contributed by atoms with van der Waals surface area (Å²) >= 11 is 0. The molecule has 0 saturated heterocycles. The van der Waals surface area contributed by atoms with Crippen LogP contribution in [0.15, 0.2) is 6.07 Å². The average molecular weight is 242 g/mol. The van der Waals surface area contributed by atoms with Crippen LogP contribution in [0.1, 0.15) is 23.4 Å². The maximum Gasteiger partial charge on any atom is 0.310 e. The molecule has 0 saturated carbocycles. The second kappa shape index (κ2) is 5.21. The van der Waals surface area contributed by atoms with E-state index >= 15 is 0 Å². The first-order valence-electron chi connectivity index (χ1n) is 4.47. The third-order valence-corrected chi connectivity index (χ3v) is 1.98. The van der Waals surface area contributed by atoms with Gasteiger partial charge in [-0.25, -0.2) is 13.8 Å². The van der Waals surface area contributed by atoms with E-state index < -0.39 is 36.0 Å². The number of pyridine rings is 1. The van der Waals surface area contributed by atoms with Crippen molar-refractivity contribution in [3.05, 3.63) is 23.0 Å². The Morgan fingerprint density at radius 1 is 1.71 bits per heavy atom. The van der Waals surface area contributed by atoms with Gasteiger partial charge in [0.1, 0.15) is 11.8 Å². The van der Waals surface area contributed by atoms with Gasteiger partial charge >= 0.3 is 5.97 Å². The molecule has 1 aromatic heterocycles. The highest BCUT2D eigenvalue weighted by Gasteiger charge is 2.18. The number of ether oxygens (including phenoxy) is 1. The Balaban J connectivity index is 3.24. The highest BCUT2D eigenvalue weighted by atomic mass is 19.3. The molecule has 0 fully saturated rings. The standard InChI is InChI=1S/C10H8F2N2O3/c1-17-8(15)3-5-2-6(10(11)12)14-7(4-13)9(5)16/h2,10,16H,3H2,1H3. The molecule has 1 heterocycles. The molecule has 0 unspecified atom stereocenters. The van der Waals surface area contributed by atoms with E-state index in [0.717, 1.165) is 13.2 Å². The van der Waals surface area contributed by atoms with Gasteiger partial charge < -0.3 is 9.84 Å². The Hall–Kier alpha value is -2.23. The molecule has 1 aromatic rings. The molecule has 7 heteroatoms. The van der Waals surface area contributed by atoms with Crippen LogP contribution in [0.2, 0.25) is 0 Å². The first kappa shape index (κ1) is 12.8. The summed E-state index contributed by atoms with van der Waals surface area (Å²) in [4.78, 5) is 14.3. The smallest absolute Gasteiger partial charge is 0.310 e. The van der Waals surface area contributed by atoms with Gasteiger partial charge in [-0.2, -0.15) is 5.26 Å². The minimum atomic E-state index is -2.89. The third-order valence-electron chi connectivity index (χ3n) is 1.98. The van der Waals surface area contributed by atoms with Crippen molar-refractivity contribution in [3.8, 4) is 11.8 Å². The van der Waals surface area contributed by atoms with Gasteiger partial charge in [-0.3, -0.25) is 4.79 Å².